The number of rotatable bonds is 2. The van der Waals surface area contributed by atoms with Gasteiger partial charge in [0.2, 0.25) is 0 Å². The molecule has 0 aliphatic rings. The Balaban J connectivity index is 1.72. The predicted octanol–water partition coefficient (Wildman–Crippen LogP) is 5.38. The molecule has 3 rings (SSSR count). The Morgan fingerprint density at radius 3 is 2.54 bits per heavy atom. The summed E-state index contributed by atoms with van der Waals surface area (Å²) in [6.07, 6.45) is 0. The highest BCUT2D eigenvalue weighted by Crippen LogP contribution is 2.21. The highest BCUT2D eigenvalue weighted by molar-refractivity contribution is 9.10. The normalized spacial score (nSPS) is 10.4. The molecule has 6 heteroatoms. The van der Waals surface area contributed by atoms with Gasteiger partial charge >= 0.3 is 0 Å². The van der Waals surface area contributed by atoms with E-state index in [-0.39, 0.29) is 11.0 Å². The van der Waals surface area contributed by atoms with Crippen molar-refractivity contribution in [3.05, 3.63) is 75.7 Å². The molecule has 0 aliphatic carbocycles. The van der Waals surface area contributed by atoms with Gasteiger partial charge in [-0.2, -0.15) is 0 Å². The molecule has 0 fully saturated rings. The van der Waals surface area contributed by atoms with Gasteiger partial charge in [0.05, 0.1) is 10.6 Å². The van der Waals surface area contributed by atoms with E-state index in [0.717, 1.165) is 20.9 Å². The molecular formula is C18H12BrClN2OS. The van der Waals surface area contributed by atoms with Gasteiger partial charge in [0.15, 0.2) is 5.11 Å². The third-order valence-electron chi connectivity index (χ3n) is 3.41. The van der Waals surface area contributed by atoms with Crippen molar-refractivity contribution in [2.75, 3.05) is 5.32 Å². The average Bonchev–Trinajstić information content (AvgIpc) is 2.56. The van der Waals surface area contributed by atoms with E-state index in [4.69, 9.17) is 23.8 Å². The van der Waals surface area contributed by atoms with Gasteiger partial charge in [0, 0.05) is 10.2 Å². The molecule has 24 heavy (non-hydrogen) atoms. The second-order valence-electron chi connectivity index (χ2n) is 5.09. The largest absolute Gasteiger partial charge is 0.332 e. The quantitative estimate of drug-likeness (QED) is 0.548. The summed E-state index contributed by atoms with van der Waals surface area (Å²) in [4.78, 5) is 12.3. The molecule has 0 spiro atoms. The van der Waals surface area contributed by atoms with Crippen LogP contribution >= 0.6 is 39.7 Å². The smallest absolute Gasteiger partial charge is 0.258 e. The zero-order chi connectivity index (χ0) is 17.1. The molecule has 0 radical (unpaired) electrons. The monoisotopic (exact) mass is 418 g/mol. The molecule has 3 aromatic carbocycles. The van der Waals surface area contributed by atoms with Crippen molar-refractivity contribution in [2.45, 2.75) is 0 Å². The predicted molar refractivity (Wildman–Crippen MR) is 107 cm³/mol. The number of nitrogens with one attached hydrogen (secondary N) is 2. The first kappa shape index (κ1) is 16.9. The lowest BCUT2D eigenvalue weighted by atomic mass is 10.1. The van der Waals surface area contributed by atoms with Crippen molar-refractivity contribution in [1.82, 2.24) is 5.32 Å². The average molecular weight is 420 g/mol. The molecule has 0 saturated heterocycles. The minimum absolute atomic E-state index is 0.214. The van der Waals surface area contributed by atoms with Crippen LogP contribution in [-0.4, -0.2) is 11.0 Å². The molecule has 120 valence electrons. The van der Waals surface area contributed by atoms with Crippen molar-refractivity contribution in [1.29, 1.82) is 0 Å². The van der Waals surface area contributed by atoms with Gasteiger partial charge in [-0.1, -0.05) is 57.9 Å². The lowest BCUT2D eigenvalue weighted by Crippen LogP contribution is -2.34. The van der Waals surface area contributed by atoms with Crippen LogP contribution in [-0.2, 0) is 0 Å². The van der Waals surface area contributed by atoms with E-state index >= 15 is 0 Å². The van der Waals surface area contributed by atoms with Crippen LogP contribution in [0.2, 0.25) is 5.02 Å². The minimum atomic E-state index is -0.361. The van der Waals surface area contributed by atoms with Crippen molar-refractivity contribution < 1.29 is 4.79 Å². The van der Waals surface area contributed by atoms with E-state index in [1.165, 1.54) is 0 Å². The second-order valence-corrected chi connectivity index (χ2v) is 6.83. The number of anilines is 1. The van der Waals surface area contributed by atoms with Crippen LogP contribution in [0.4, 0.5) is 5.69 Å². The van der Waals surface area contributed by atoms with E-state index in [9.17, 15) is 4.79 Å². The number of halogens is 2. The van der Waals surface area contributed by atoms with Crippen LogP contribution in [0.1, 0.15) is 10.4 Å². The standard InChI is InChI=1S/C18H12BrClN2OS/c19-13-6-8-16(20)15(10-13)17(23)22-18(24)21-14-7-5-11-3-1-2-4-12(11)9-14/h1-10H,(H2,21,22,23,24). The number of carbonyl (C=O) groups is 1. The fourth-order valence-electron chi connectivity index (χ4n) is 2.27. The van der Waals surface area contributed by atoms with Gasteiger partial charge in [0.1, 0.15) is 0 Å². The number of hydrogen-bond donors (Lipinski definition) is 2. The SMILES string of the molecule is O=C(NC(=S)Nc1ccc2ccccc2c1)c1cc(Br)ccc1Cl. The van der Waals surface area contributed by atoms with E-state index in [0.29, 0.717) is 10.6 Å². The summed E-state index contributed by atoms with van der Waals surface area (Å²) in [5.74, 6) is -0.361. The molecule has 0 bridgehead atoms. The first-order valence-corrected chi connectivity index (χ1v) is 8.67. The number of fused-ring (bicyclic) bond motifs is 1. The third kappa shape index (κ3) is 3.93. The van der Waals surface area contributed by atoms with E-state index in [1.807, 2.05) is 42.5 Å². The number of amides is 1. The van der Waals surface area contributed by atoms with Crippen LogP contribution in [0.5, 0.6) is 0 Å². The van der Waals surface area contributed by atoms with Crippen molar-refractivity contribution >= 4 is 67.2 Å². The van der Waals surface area contributed by atoms with Crippen molar-refractivity contribution in [3.8, 4) is 0 Å². The van der Waals surface area contributed by atoms with Gasteiger partial charge in [-0.05, 0) is 53.3 Å². The Kier molecular flexibility index (Phi) is 5.14. The molecule has 0 heterocycles. The summed E-state index contributed by atoms with van der Waals surface area (Å²) in [7, 11) is 0. The molecule has 3 aromatic rings. The molecule has 0 unspecified atom stereocenters. The Labute approximate surface area is 158 Å². The second kappa shape index (κ2) is 7.30. The first-order chi connectivity index (χ1) is 11.5. The molecular weight excluding hydrogens is 408 g/mol. The topological polar surface area (TPSA) is 41.1 Å². The van der Waals surface area contributed by atoms with E-state index in [2.05, 4.69) is 26.6 Å². The maximum Gasteiger partial charge on any atom is 0.258 e. The third-order valence-corrected chi connectivity index (χ3v) is 4.43. The number of carbonyl (C=O) groups excluding carboxylic acids is 1. The molecule has 0 aromatic heterocycles. The lowest BCUT2D eigenvalue weighted by Gasteiger charge is -2.11. The molecule has 0 atom stereocenters. The summed E-state index contributed by atoms with van der Waals surface area (Å²) in [6.45, 7) is 0. The summed E-state index contributed by atoms with van der Waals surface area (Å²) in [5, 5.41) is 8.46. The summed E-state index contributed by atoms with van der Waals surface area (Å²) in [5.41, 5.74) is 1.16. The van der Waals surface area contributed by atoms with Crippen molar-refractivity contribution in [2.24, 2.45) is 0 Å². The van der Waals surface area contributed by atoms with Crippen LogP contribution in [0.3, 0.4) is 0 Å². The maximum absolute atomic E-state index is 12.3. The summed E-state index contributed by atoms with van der Waals surface area (Å²) >= 11 is 14.6. The fraction of sp³-hybridized carbons (Fsp3) is 0. The van der Waals surface area contributed by atoms with Gasteiger partial charge in [0.25, 0.3) is 5.91 Å². The maximum atomic E-state index is 12.3. The zero-order valence-electron chi connectivity index (χ0n) is 12.3. The Morgan fingerprint density at radius 1 is 1.00 bits per heavy atom. The number of hydrogen-bond acceptors (Lipinski definition) is 2. The van der Waals surface area contributed by atoms with Crippen LogP contribution in [0, 0.1) is 0 Å². The molecule has 1 amide bonds. The minimum Gasteiger partial charge on any atom is -0.332 e. The van der Waals surface area contributed by atoms with E-state index in [1.54, 1.807) is 18.2 Å². The fourth-order valence-corrected chi connectivity index (χ4v) is 3.05. The van der Waals surface area contributed by atoms with Crippen molar-refractivity contribution in [3.63, 3.8) is 0 Å². The van der Waals surface area contributed by atoms with E-state index < -0.39 is 0 Å². The van der Waals surface area contributed by atoms with Crippen LogP contribution in [0.25, 0.3) is 10.8 Å². The number of thiocarbonyl (C=S) groups is 1. The Bertz CT molecular complexity index is 945. The highest BCUT2D eigenvalue weighted by Gasteiger charge is 2.12. The van der Waals surface area contributed by atoms with Gasteiger partial charge < -0.3 is 5.32 Å². The Morgan fingerprint density at radius 2 is 1.75 bits per heavy atom. The lowest BCUT2D eigenvalue weighted by molar-refractivity contribution is 0.0978. The van der Waals surface area contributed by atoms with Crippen LogP contribution in [0.15, 0.2) is 65.1 Å². The van der Waals surface area contributed by atoms with Gasteiger partial charge in [-0.3, -0.25) is 10.1 Å². The number of benzene rings is 3. The summed E-state index contributed by atoms with van der Waals surface area (Å²) in [6, 6.07) is 19.0. The highest BCUT2D eigenvalue weighted by atomic mass is 79.9. The Hall–Kier alpha value is -1.95. The first-order valence-electron chi connectivity index (χ1n) is 7.09. The summed E-state index contributed by atoms with van der Waals surface area (Å²) < 4.78 is 0.769. The van der Waals surface area contributed by atoms with Crippen LogP contribution < -0.4 is 10.6 Å². The van der Waals surface area contributed by atoms with Gasteiger partial charge in [-0.15, -0.1) is 0 Å². The zero-order valence-corrected chi connectivity index (χ0v) is 15.5. The molecule has 3 nitrogen and oxygen atoms in total. The molecule has 0 aliphatic heterocycles. The van der Waals surface area contributed by atoms with Gasteiger partial charge in [-0.25, -0.2) is 0 Å². The molecule has 2 N–H and O–H groups in total. The molecule has 0 saturated carbocycles.